The summed E-state index contributed by atoms with van der Waals surface area (Å²) in [7, 11) is 0. The quantitative estimate of drug-likeness (QED) is 0.843. The SMILES string of the molecule is O=C(CSc1cccc2cccc(Cl)c12)NC[C@H]1CCCO1. The van der Waals surface area contributed by atoms with Gasteiger partial charge in [0.2, 0.25) is 5.91 Å². The van der Waals surface area contributed by atoms with Crippen molar-refractivity contribution in [3.05, 3.63) is 41.4 Å². The van der Waals surface area contributed by atoms with Gasteiger partial charge < -0.3 is 10.1 Å². The predicted octanol–water partition coefficient (Wildman–Crippen LogP) is 3.88. The monoisotopic (exact) mass is 335 g/mol. The predicted molar refractivity (Wildman–Crippen MR) is 91.7 cm³/mol. The van der Waals surface area contributed by atoms with Gasteiger partial charge in [0, 0.05) is 28.5 Å². The molecule has 1 amide bonds. The number of thioether (sulfide) groups is 1. The summed E-state index contributed by atoms with van der Waals surface area (Å²) in [5.74, 6) is 0.418. The van der Waals surface area contributed by atoms with Crippen molar-refractivity contribution in [2.24, 2.45) is 0 Å². The maximum Gasteiger partial charge on any atom is 0.230 e. The van der Waals surface area contributed by atoms with Crippen LogP contribution in [0.1, 0.15) is 12.8 Å². The second-order valence-electron chi connectivity index (χ2n) is 5.32. The second kappa shape index (κ2) is 7.36. The number of amides is 1. The first-order valence-corrected chi connectivity index (χ1v) is 8.79. The van der Waals surface area contributed by atoms with Crippen molar-refractivity contribution in [1.29, 1.82) is 0 Å². The Morgan fingerprint density at radius 1 is 1.32 bits per heavy atom. The molecule has 0 bridgehead atoms. The van der Waals surface area contributed by atoms with Crippen LogP contribution in [0.15, 0.2) is 41.3 Å². The van der Waals surface area contributed by atoms with E-state index in [2.05, 4.69) is 5.32 Å². The van der Waals surface area contributed by atoms with Crippen molar-refractivity contribution in [1.82, 2.24) is 5.32 Å². The molecule has 1 fully saturated rings. The van der Waals surface area contributed by atoms with Crippen LogP contribution in [0.5, 0.6) is 0 Å². The van der Waals surface area contributed by atoms with E-state index < -0.39 is 0 Å². The zero-order chi connectivity index (χ0) is 15.4. The maximum absolute atomic E-state index is 12.0. The lowest BCUT2D eigenvalue weighted by atomic mass is 10.1. The molecular formula is C17H18ClNO2S. The van der Waals surface area contributed by atoms with Crippen molar-refractivity contribution >= 4 is 40.0 Å². The summed E-state index contributed by atoms with van der Waals surface area (Å²) in [5.41, 5.74) is 0. The molecule has 1 atom stereocenters. The summed E-state index contributed by atoms with van der Waals surface area (Å²) in [6.45, 7) is 1.42. The summed E-state index contributed by atoms with van der Waals surface area (Å²) < 4.78 is 5.50. The minimum Gasteiger partial charge on any atom is -0.376 e. The van der Waals surface area contributed by atoms with Crippen LogP contribution in [0.2, 0.25) is 5.02 Å². The van der Waals surface area contributed by atoms with Gasteiger partial charge in [0.25, 0.3) is 0 Å². The topological polar surface area (TPSA) is 38.3 Å². The summed E-state index contributed by atoms with van der Waals surface area (Å²) in [5, 5.41) is 5.77. The first kappa shape index (κ1) is 15.7. The first-order valence-electron chi connectivity index (χ1n) is 7.42. The van der Waals surface area contributed by atoms with Gasteiger partial charge in [0.15, 0.2) is 0 Å². The van der Waals surface area contributed by atoms with Gasteiger partial charge in [-0.3, -0.25) is 4.79 Å². The van der Waals surface area contributed by atoms with E-state index in [1.54, 1.807) is 0 Å². The molecule has 1 saturated heterocycles. The number of benzene rings is 2. The Morgan fingerprint density at radius 2 is 2.14 bits per heavy atom. The number of carbonyl (C=O) groups is 1. The van der Waals surface area contributed by atoms with E-state index in [0.29, 0.717) is 12.3 Å². The number of halogens is 1. The number of hydrogen-bond acceptors (Lipinski definition) is 3. The van der Waals surface area contributed by atoms with Crippen LogP contribution in [-0.2, 0) is 9.53 Å². The smallest absolute Gasteiger partial charge is 0.230 e. The molecule has 1 aliphatic heterocycles. The third-order valence-electron chi connectivity index (χ3n) is 3.73. The van der Waals surface area contributed by atoms with Gasteiger partial charge in [-0.1, -0.05) is 35.9 Å². The Balaban J connectivity index is 1.60. The summed E-state index contributed by atoms with van der Waals surface area (Å²) in [4.78, 5) is 13.0. The molecule has 116 valence electrons. The lowest BCUT2D eigenvalue weighted by Crippen LogP contribution is -2.32. The Labute approximate surface area is 139 Å². The van der Waals surface area contributed by atoms with Gasteiger partial charge in [-0.15, -0.1) is 11.8 Å². The number of carbonyl (C=O) groups excluding carboxylic acids is 1. The normalized spacial score (nSPS) is 17.8. The Morgan fingerprint density at radius 3 is 2.91 bits per heavy atom. The van der Waals surface area contributed by atoms with Crippen molar-refractivity contribution in [2.75, 3.05) is 18.9 Å². The van der Waals surface area contributed by atoms with Crippen LogP contribution in [0.25, 0.3) is 10.8 Å². The Hall–Kier alpha value is -1.23. The maximum atomic E-state index is 12.0. The van der Waals surface area contributed by atoms with Crippen LogP contribution >= 0.6 is 23.4 Å². The first-order chi connectivity index (χ1) is 10.7. The van der Waals surface area contributed by atoms with Crippen LogP contribution in [0.4, 0.5) is 0 Å². The van der Waals surface area contributed by atoms with E-state index in [9.17, 15) is 4.79 Å². The molecule has 3 rings (SSSR count). The van der Waals surface area contributed by atoms with E-state index in [1.807, 2.05) is 36.4 Å². The molecule has 0 spiro atoms. The highest BCUT2D eigenvalue weighted by atomic mass is 35.5. The van der Waals surface area contributed by atoms with Gasteiger partial charge in [0.05, 0.1) is 11.9 Å². The summed E-state index contributed by atoms with van der Waals surface area (Å²) in [6, 6.07) is 11.9. The zero-order valence-electron chi connectivity index (χ0n) is 12.2. The minimum atomic E-state index is 0.0320. The molecule has 5 heteroatoms. The van der Waals surface area contributed by atoms with Gasteiger partial charge in [-0.05, 0) is 30.4 Å². The van der Waals surface area contributed by atoms with Crippen molar-refractivity contribution in [2.45, 2.75) is 23.8 Å². The fourth-order valence-electron chi connectivity index (χ4n) is 2.61. The molecule has 0 aliphatic carbocycles. The molecule has 22 heavy (non-hydrogen) atoms. The Kier molecular flexibility index (Phi) is 5.24. The van der Waals surface area contributed by atoms with E-state index in [0.717, 1.165) is 40.1 Å². The third-order valence-corrected chi connectivity index (χ3v) is 5.10. The van der Waals surface area contributed by atoms with Crippen LogP contribution in [-0.4, -0.2) is 30.9 Å². The minimum absolute atomic E-state index is 0.0320. The largest absolute Gasteiger partial charge is 0.376 e. The van der Waals surface area contributed by atoms with Gasteiger partial charge in [-0.2, -0.15) is 0 Å². The highest BCUT2D eigenvalue weighted by Gasteiger charge is 2.16. The molecule has 0 unspecified atom stereocenters. The van der Waals surface area contributed by atoms with Crippen LogP contribution < -0.4 is 5.32 Å². The molecule has 2 aromatic carbocycles. The molecule has 3 nitrogen and oxygen atoms in total. The molecule has 0 aromatic heterocycles. The van der Waals surface area contributed by atoms with Crippen LogP contribution in [0.3, 0.4) is 0 Å². The second-order valence-corrected chi connectivity index (χ2v) is 6.75. The number of fused-ring (bicyclic) bond motifs is 1. The Bertz CT molecular complexity index is 666. The highest BCUT2D eigenvalue weighted by molar-refractivity contribution is 8.00. The molecular weight excluding hydrogens is 318 g/mol. The lowest BCUT2D eigenvalue weighted by Gasteiger charge is -2.11. The van der Waals surface area contributed by atoms with Gasteiger partial charge in [-0.25, -0.2) is 0 Å². The van der Waals surface area contributed by atoms with E-state index in [1.165, 1.54) is 11.8 Å². The number of nitrogens with one attached hydrogen (secondary N) is 1. The number of ether oxygens (including phenoxy) is 1. The fraction of sp³-hybridized carbons (Fsp3) is 0.353. The summed E-state index contributed by atoms with van der Waals surface area (Å²) in [6.07, 6.45) is 2.30. The van der Waals surface area contributed by atoms with E-state index in [4.69, 9.17) is 16.3 Å². The van der Waals surface area contributed by atoms with Gasteiger partial charge >= 0.3 is 0 Å². The van der Waals surface area contributed by atoms with Crippen molar-refractivity contribution in [3.8, 4) is 0 Å². The van der Waals surface area contributed by atoms with E-state index >= 15 is 0 Å². The summed E-state index contributed by atoms with van der Waals surface area (Å²) >= 11 is 7.81. The molecule has 1 aliphatic rings. The molecule has 1 N–H and O–H groups in total. The fourth-order valence-corrected chi connectivity index (χ4v) is 3.89. The molecule has 2 aromatic rings. The molecule has 0 saturated carbocycles. The number of hydrogen-bond donors (Lipinski definition) is 1. The zero-order valence-corrected chi connectivity index (χ0v) is 13.8. The average Bonchev–Trinajstić information content (AvgIpc) is 3.04. The van der Waals surface area contributed by atoms with E-state index in [-0.39, 0.29) is 12.0 Å². The highest BCUT2D eigenvalue weighted by Crippen LogP contribution is 2.33. The molecule has 1 heterocycles. The average molecular weight is 336 g/mol. The van der Waals surface area contributed by atoms with Gasteiger partial charge in [0.1, 0.15) is 0 Å². The lowest BCUT2D eigenvalue weighted by molar-refractivity contribution is -0.119. The van der Waals surface area contributed by atoms with Crippen LogP contribution in [0, 0.1) is 0 Å². The number of rotatable bonds is 5. The standard InChI is InChI=1S/C17H18ClNO2S/c18-14-7-1-4-12-5-2-8-15(17(12)14)22-11-16(20)19-10-13-6-3-9-21-13/h1-2,4-5,7-8,13H,3,6,9-11H2,(H,19,20)/t13-/m1/s1. The van der Waals surface area contributed by atoms with Crippen molar-refractivity contribution < 1.29 is 9.53 Å². The van der Waals surface area contributed by atoms with Crippen molar-refractivity contribution in [3.63, 3.8) is 0 Å². The molecule has 0 radical (unpaired) electrons. The third kappa shape index (κ3) is 3.75.